The van der Waals surface area contributed by atoms with Crippen LogP contribution < -0.4 is 11.1 Å². The molecule has 8 rings (SSSR count). The Hall–Kier alpha value is -7.59. The monoisotopic (exact) mass is 980 g/mol. The summed E-state index contributed by atoms with van der Waals surface area (Å²) >= 11 is 0. The number of benzene rings is 4. The van der Waals surface area contributed by atoms with Crippen molar-refractivity contribution >= 4 is 36.5 Å². The highest BCUT2D eigenvalue weighted by atomic mass is 35.5. The molecule has 0 atom stereocenters. The van der Waals surface area contributed by atoms with Crippen LogP contribution >= 0.6 is 12.4 Å². The summed E-state index contributed by atoms with van der Waals surface area (Å²) in [7, 11) is 0. The Bertz CT molecular complexity index is 2940. The maximum absolute atomic E-state index is 13.2. The zero-order chi connectivity index (χ0) is 49.8. The Kier molecular flexibility index (Phi) is 17.7. The fraction of sp³-hybridized carbons (Fsp3) is 0.333. The molecule has 0 saturated heterocycles. The molecule has 4 N–H and O–H groups in total. The van der Waals surface area contributed by atoms with E-state index < -0.39 is 23.4 Å². The first-order valence-electron chi connectivity index (χ1n) is 23.9. The minimum Gasteiger partial charge on any atom is -0.444 e. The molecule has 0 saturated carbocycles. The topological polar surface area (TPSA) is 199 Å². The predicted molar refractivity (Wildman–Crippen MR) is 282 cm³/mol. The van der Waals surface area contributed by atoms with Gasteiger partial charge in [0.2, 0.25) is 5.95 Å². The molecule has 0 spiro atoms. The molecule has 0 radical (unpaired) electrons. The van der Waals surface area contributed by atoms with Crippen molar-refractivity contribution in [2.45, 2.75) is 118 Å². The zero-order valence-electron chi connectivity index (χ0n) is 41.8. The van der Waals surface area contributed by atoms with Crippen LogP contribution in [0.4, 0.5) is 21.5 Å². The minimum absolute atomic E-state index is 0. The van der Waals surface area contributed by atoms with Crippen LogP contribution in [0, 0.1) is 0 Å². The number of amides is 1. The molecule has 0 aliphatic heterocycles. The van der Waals surface area contributed by atoms with Gasteiger partial charge in [0.05, 0.1) is 47.6 Å². The third kappa shape index (κ3) is 14.7. The van der Waals surface area contributed by atoms with Gasteiger partial charge < -0.3 is 20.2 Å². The van der Waals surface area contributed by atoms with Gasteiger partial charge in [-0.1, -0.05) is 123 Å². The number of hydrogen-bond donors (Lipinski definition) is 3. The number of nitrogens with two attached hydrogens (primary N) is 1. The van der Waals surface area contributed by atoms with Crippen LogP contribution in [0.25, 0.3) is 56.4 Å². The minimum atomic E-state index is -0.758. The largest absolute Gasteiger partial charge is 0.444 e. The quantitative estimate of drug-likeness (QED) is 0.0826. The number of nitrogen functional groups attached to an aromatic ring is 1. The molecule has 4 heterocycles. The van der Waals surface area contributed by atoms with Gasteiger partial charge in [-0.25, -0.2) is 33.5 Å². The van der Waals surface area contributed by atoms with Crippen LogP contribution in [0.15, 0.2) is 122 Å². The highest BCUT2D eigenvalue weighted by Crippen LogP contribution is 2.28. The van der Waals surface area contributed by atoms with E-state index in [1.807, 2.05) is 60.9 Å². The summed E-state index contributed by atoms with van der Waals surface area (Å²) in [5, 5.41) is 19.8. The molecular weight excluding hydrogens is 916 g/mol. The number of aryl methyl sites for hydroxylation is 2. The SMILES string of the molecule is CCCCCc1ccc(-c2cn(-c3ccc(-c4cnc(N)[nH]4)cc3)nn2)cc1.CCCCCc1ccc(-c2cn(-c3ccc(-c4cnc(NC(=O)OC(C)(C)C)n4C(=O)OC(C)(C)C)cc3)nn2)cc1.Cl. The average molecular weight is 982 g/mol. The van der Waals surface area contributed by atoms with Gasteiger partial charge in [0.25, 0.3) is 0 Å². The number of hydrogen-bond acceptors (Lipinski definition) is 11. The van der Waals surface area contributed by atoms with Crippen LogP contribution in [0.2, 0.25) is 0 Å². The van der Waals surface area contributed by atoms with E-state index in [0.717, 1.165) is 58.0 Å². The van der Waals surface area contributed by atoms with Crippen LogP contribution in [-0.2, 0) is 22.3 Å². The van der Waals surface area contributed by atoms with E-state index in [1.165, 1.54) is 60.4 Å². The Labute approximate surface area is 421 Å². The number of anilines is 2. The molecule has 1 amide bonds. The number of carbonyl (C=O) groups excluding carboxylic acids is 2. The lowest BCUT2D eigenvalue weighted by Crippen LogP contribution is -2.31. The molecular formula is C54H65ClN12O4. The molecule has 4 aromatic heterocycles. The number of unbranched alkanes of at least 4 members (excludes halogenated alkanes) is 4. The fourth-order valence-corrected chi connectivity index (χ4v) is 7.48. The number of halogens is 1. The van der Waals surface area contributed by atoms with Gasteiger partial charge in [-0.2, -0.15) is 0 Å². The van der Waals surface area contributed by atoms with Gasteiger partial charge in [0.1, 0.15) is 22.6 Å². The Morgan fingerprint density at radius 3 is 1.51 bits per heavy atom. The summed E-state index contributed by atoms with van der Waals surface area (Å²) in [6, 6.07) is 32.6. The number of nitrogens with one attached hydrogen (secondary N) is 2. The summed E-state index contributed by atoms with van der Waals surface area (Å²) < 4.78 is 15.7. The fourth-order valence-electron chi connectivity index (χ4n) is 7.48. The molecule has 0 aliphatic carbocycles. The highest BCUT2D eigenvalue weighted by Gasteiger charge is 2.26. The first-order chi connectivity index (χ1) is 33.6. The number of imidazole rings is 2. The molecule has 8 aromatic rings. The van der Waals surface area contributed by atoms with Crippen molar-refractivity contribution in [3.05, 3.63) is 133 Å². The second-order valence-corrected chi connectivity index (χ2v) is 19.1. The lowest BCUT2D eigenvalue weighted by Gasteiger charge is -2.22. The van der Waals surface area contributed by atoms with Crippen LogP contribution in [0.3, 0.4) is 0 Å². The van der Waals surface area contributed by atoms with Gasteiger partial charge in [-0.15, -0.1) is 22.6 Å². The summed E-state index contributed by atoms with van der Waals surface area (Å²) in [6.07, 6.45) is 15.3. The van der Waals surface area contributed by atoms with Gasteiger partial charge in [0.15, 0.2) is 5.95 Å². The molecule has 372 valence electrons. The van der Waals surface area contributed by atoms with Crippen molar-refractivity contribution in [2.75, 3.05) is 11.1 Å². The predicted octanol–water partition coefficient (Wildman–Crippen LogP) is 12.7. The number of rotatable bonds is 15. The van der Waals surface area contributed by atoms with Crippen molar-refractivity contribution < 1.29 is 19.1 Å². The first kappa shape index (κ1) is 52.8. The van der Waals surface area contributed by atoms with Crippen molar-refractivity contribution in [3.8, 4) is 56.4 Å². The van der Waals surface area contributed by atoms with Gasteiger partial charge in [-0.3, -0.25) is 5.32 Å². The zero-order valence-corrected chi connectivity index (χ0v) is 42.7. The summed E-state index contributed by atoms with van der Waals surface area (Å²) in [5.74, 6) is 0.409. The molecule has 71 heavy (non-hydrogen) atoms. The van der Waals surface area contributed by atoms with Crippen molar-refractivity contribution in [3.63, 3.8) is 0 Å². The highest BCUT2D eigenvalue weighted by molar-refractivity contribution is 5.89. The van der Waals surface area contributed by atoms with Crippen LogP contribution in [0.1, 0.15) is 105 Å². The molecule has 0 aliphatic rings. The Morgan fingerprint density at radius 1 is 0.606 bits per heavy atom. The number of aromatic amines is 1. The molecule has 0 bridgehead atoms. The van der Waals surface area contributed by atoms with Crippen molar-refractivity contribution in [2.24, 2.45) is 0 Å². The maximum Gasteiger partial charge on any atom is 0.421 e. The van der Waals surface area contributed by atoms with E-state index in [2.05, 4.69) is 103 Å². The van der Waals surface area contributed by atoms with Gasteiger partial charge in [0, 0.05) is 16.7 Å². The molecule has 0 unspecified atom stereocenters. The third-order valence-corrected chi connectivity index (χ3v) is 11.0. The maximum atomic E-state index is 13.2. The smallest absolute Gasteiger partial charge is 0.421 e. The number of ether oxygens (including phenoxy) is 2. The molecule has 4 aromatic carbocycles. The Balaban J connectivity index is 0.000000247. The first-order valence-corrected chi connectivity index (χ1v) is 23.9. The number of carbonyl (C=O) groups is 2. The van der Waals surface area contributed by atoms with Crippen molar-refractivity contribution in [1.82, 2.24) is 49.5 Å². The number of H-pyrrole nitrogens is 1. The van der Waals surface area contributed by atoms with Crippen LogP contribution in [0.5, 0.6) is 0 Å². The number of aromatic nitrogens is 10. The molecule has 17 heteroatoms. The average Bonchev–Trinajstić information content (AvgIpc) is 4.17. The summed E-state index contributed by atoms with van der Waals surface area (Å²) in [6.45, 7) is 15.0. The van der Waals surface area contributed by atoms with E-state index in [0.29, 0.717) is 17.2 Å². The third-order valence-electron chi connectivity index (χ3n) is 11.0. The number of nitrogens with zero attached hydrogens (tertiary/aromatic N) is 9. The van der Waals surface area contributed by atoms with E-state index in [-0.39, 0.29) is 18.4 Å². The van der Waals surface area contributed by atoms with E-state index in [4.69, 9.17) is 15.2 Å². The lowest BCUT2D eigenvalue weighted by molar-refractivity contribution is 0.0542. The summed E-state index contributed by atoms with van der Waals surface area (Å²) in [4.78, 5) is 37.0. The van der Waals surface area contributed by atoms with Gasteiger partial charge in [-0.05, 0) is 108 Å². The van der Waals surface area contributed by atoms with E-state index >= 15 is 0 Å². The normalized spacial score (nSPS) is 11.3. The lowest BCUT2D eigenvalue weighted by atomic mass is 10.0. The molecule has 0 fully saturated rings. The van der Waals surface area contributed by atoms with Gasteiger partial charge >= 0.3 is 12.2 Å². The van der Waals surface area contributed by atoms with Crippen LogP contribution in [-0.4, -0.2) is 72.9 Å². The second kappa shape index (κ2) is 23.8. The second-order valence-electron chi connectivity index (χ2n) is 19.1. The Morgan fingerprint density at radius 2 is 1.07 bits per heavy atom. The molecule has 16 nitrogen and oxygen atoms in total. The summed E-state index contributed by atoms with van der Waals surface area (Å²) in [5.41, 5.74) is 15.4. The van der Waals surface area contributed by atoms with Crippen molar-refractivity contribution in [1.29, 1.82) is 0 Å². The standard InChI is InChI=1S/C32H40N6O4.C22H24N6.ClH/c1-8-9-10-11-22-12-14-23(15-13-22)26-21-37(36-35-26)25-18-16-24(17-19-25)27-20-33-28(34-29(39)41-31(2,3)4)38(27)30(40)42-32(5,6)7;1-2-3-4-5-16-6-8-18(9-7-16)21-15-28(27-26-21)19-12-10-17(11-13-19)20-14-24-22(23)25-20;/h12-21H,8-11H2,1-7H3,(H,33,34,39);6-15H,2-5H2,1H3,(H3,23,24,25);1H. The van der Waals surface area contributed by atoms with E-state index in [1.54, 1.807) is 57.1 Å². The van der Waals surface area contributed by atoms with E-state index in [9.17, 15) is 9.59 Å².